The highest BCUT2D eigenvalue weighted by Crippen LogP contribution is 2.17. The summed E-state index contributed by atoms with van der Waals surface area (Å²) in [6, 6.07) is 13.8. The van der Waals surface area contributed by atoms with Crippen molar-refractivity contribution in [2.24, 2.45) is 0 Å². The molecule has 0 unspecified atom stereocenters. The van der Waals surface area contributed by atoms with E-state index in [1.807, 2.05) is 31.2 Å². The Hall–Kier alpha value is -3.09. The van der Waals surface area contributed by atoms with Crippen molar-refractivity contribution < 1.29 is 4.92 Å². The van der Waals surface area contributed by atoms with Gasteiger partial charge in [-0.1, -0.05) is 29.8 Å². The first-order valence-corrected chi connectivity index (χ1v) is 6.25. The smallest absolute Gasteiger partial charge is 0.258 e. The van der Waals surface area contributed by atoms with E-state index in [9.17, 15) is 10.1 Å². The molecule has 0 N–H and O–H groups in total. The second-order valence-electron chi connectivity index (χ2n) is 4.54. The number of hydrogen-bond acceptors (Lipinski definition) is 5. The van der Waals surface area contributed by atoms with Crippen LogP contribution in [0.25, 0.3) is 17.1 Å². The molecule has 21 heavy (non-hydrogen) atoms. The van der Waals surface area contributed by atoms with E-state index >= 15 is 0 Å². The third-order valence-electron chi connectivity index (χ3n) is 3.01. The molecule has 1 heterocycles. The van der Waals surface area contributed by atoms with E-state index in [0.717, 1.165) is 11.1 Å². The lowest BCUT2D eigenvalue weighted by atomic mass is 10.1. The van der Waals surface area contributed by atoms with E-state index in [0.29, 0.717) is 11.5 Å². The van der Waals surface area contributed by atoms with Gasteiger partial charge in [0.25, 0.3) is 5.69 Å². The molecule has 7 heteroatoms. The summed E-state index contributed by atoms with van der Waals surface area (Å²) in [5, 5.41) is 22.9. The lowest BCUT2D eigenvalue weighted by molar-refractivity contribution is -0.384. The summed E-state index contributed by atoms with van der Waals surface area (Å²) < 4.78 is 0. The summed E-state index contributed by atoms with van der Waals surface area (Å²) >= 11 is 0. The molecule has 3 aromatic rings. The number of non-ortho nitro benzene ring substituents is 1. The quantitative estimate of drug-likeness (QED) is 0.544. The number of aromatic nitrogens is 4. The number of nitro benzene ring substituents is 1. The number of rotatable bonds is 3. The average Bonchev–Trinajstić information content (AvgIpc) is 2.98. The van der Waals surface area contributed by atoms with Crippen LogP contribution in [0.4, 0.5) is 5.69 Å². The summed E-state index contributed by atoms with van der Waals surface area (Å²) in [6.45, 7) is 2.00. The van der Waals surface area contributed by atoms with Crippen molar-refractivity contribution in [1.29, 1.82) is 0 Å². The molecule has 0 radical (unpaired) electrons. The van der Waals surface area contributed by atoms with Crippen LogP contribution in [0, 0.1) is 17.0 Å². The number of nitro groups is 1. The van der Waals surface area contributed by atoms with Gasteiger partial charge in [-0.05, 0) is 24.3 Å². The van der Waals surface area contributed by atoms with Gasteiger partial charge in [0.2, 0.25) is 5.82 Å². The first kappa shape index (κ1) is 12.9. The highest BCUT2D eigenvalue weighted by Gasteiger charge is 2.09. The minimum Gasteiger partial charge on any atom is -0.258 e. The Morgan fingerprint density at radius 3 is 2.33 bits per heavy atom. The first-order valence-electron chi connectivity index (χ1n) is 6.25. The third kappa shape index (κ3) is 2.62. The van der Waals surface area contributed by atoms with E-state index in [2.05, 4.69) is 15.4 Å². The number of nitrogens with zero attached hydrogens (tertiary/aromatic N) is 5. The standard InChI is InChI=1S/C14H11N5O2/c1-10-2-4-11(5-3-10)14-15-17-18(16-14)12-6-8-13(9-7-12)19(20)21/h2-9H,1H3. The third-order valence-corrected chi connectivity index (χ3v) is 3.01. The van der Waals surface area contributed by atoms with Crippen LogP contribution in [0.5, 0.6) is 0 Å². The Labute approximate surface area is 120 Å². The Morgan fingerprint density at radius 2 is 1.71 bits per heavy atom. The van der Waals surface area contributed by atoms with Crippen molar-refractivity contribution in [3.63, 3.8) is 0 Å². The van der Waals surface area contributed by atoms with Crippen LogP contribution < -0.4 is 0 Å². The summed E-state index contributed by atoms with van der Waals surface area (Å²) in [6.07, 6.45) is 0. The van der Waals surface area contributed by atoms with Gasteiger partial charge in [0.15, 0.2) is 0 Å². The summed E-state index contributed by atoms with van der Waals surface area (Å²) in [7, 11) is 0. The van der Waals surface area contributed by atoms with Crippen molar-refractivity contribution in [1.82, 2.24) is 20.2 Å². The maximum Gasteiger partial charge on any atom is 0.269 e. The largest absolute Gasteiger partial charge is 0.269 e. The molecule has 0 amide bonds. The van der Waals surface area contributed by atoms with Crippen molar-refractivity contribution in [3.05, 3.63) is 64.2 Å². The predicted molar refractivity (Wildman–Crippen MR) is 76.0 cm³/mol. The molecule has 104 valence electrons. The number of tetrazole rings is 1. The van der Waals surface area contributed by atoms with Gasteiger partial charge in [0, 0.05) is 17.7 Å². The fourth-order valence-corrected chi connectivity index (χ4v) is 1.85. The highest BCUT2D eigenvalue weighted by molar-refractivity contribution is 5.54. The Bertz CT molecular complexity index is 778. The van der Waals surface area contributed by atoms with Crippen LogP contribution in [0.15, 0.2) is 48.5 Å². The minimum atomic E-state index is -0.448. The fraction of sp³-hybridized carbons (Fsp3) is 0.0714. The van der Waals surface area contributed by atoms with Gasteiger partial charge < -0.3 is 0 Å². The normalized spacial score (nSPS) is 10.5. The molecular weight excluding hydrogens is 270 g/mol. The monoisotopic (exact) mass is 281 g/mol. The second-order valence-corrected chi connectivity index (χ2v) is 4.54. The zero-order chi connectivity index (χ0) is 14.8. The molecule has 7 nitrogen and oxygen atoms in total. The Balaban J connectivity index is 1.90. The molecular formula is C14H11N5O2. The summed E-state index contributed by atoms with van der Waals surface area (Å²) in [4.78, 5) is 11.5. The van der Waals surface area contributed by atoms with Crippen molar-refractivity contribution >= 4 is 5.69 Å². The van der Waals surface area contributed by atoms with Gasteiger partial charge in [0.05, 0.1) is 10.6 Å². The number of benzene rings is 2. The van der Waals surface area contributed by atoms with Gasteiger partial charge >= 0.3 is 0 Å². The zero-order valence-electron chi connectivity index (χ0n) is 11.2. The van der Waals surface area contributed by atoms with Gasteiger partial charge in [-0.3, -0.25) is 10.1 Å². The highest BCUT2D eigenvalue weighted by atomic mass is 16.6. The second kappa shape index (κ2) is 5.12. The van der Waals surface area contributed by atoms with E-state index < -0.39 is 4.92 Å². The molecule has 0 saturated heterocycles. The molecule has 0 atom stereocenters. The zero-order valence-corrected chi connectivity index (χ0v) is 11.2. The van der Waals surface area contributed by atoms with Gasteiger partial charge in [-0.25, -0.2) is 0 Å². The molecule has 0 aliphatic heterocycles. The minimum absolute atomic E-state index is 0.0256. The molecule has 0 fully saturated rings. The van der Waals surface area contributed by atoms with E-state index in [1.54, 1.807) is 12.1 Å². The Morgan fingerprint density at radius 1 is 1.05 bits per heavy atom. The molecule has 1 aromatic heterocycles. The molecule has 0 aliphatic carbocycles. The van der Waals surface area contributed by atoms with Crippen molar-refractivity contribution in [2.75, 3.05) is 0 Å². The van der Waals surface area contributed by atoms with E-state index in [4.69, 9.17) is 0 Å². The number of aryl methyl sites for hydroxylation is 1. The lowest BCUT2D eigenvalue weighted by Gasteiger charge is -1.98. The maximum atomic E-state index is 10.6. The van der Waals surface area contributed by atoms with Crippen LogP contribution in [-0.4, -0.2) is 25.1 Å². The Kier molecular flexibility index (Phi) is 3.15. The van der Waals surface area contributed by atoms with Crippen LogP contribution >= 0.6 is 0 Å². The molecule has 0 spiro atoms. The number of hydrogen-bond donors (Lipinski definition) is 0. The fourth-order valence-electron chi connectivity index (χ4n) is 1.85. The lowest BCUT2D eigenvalue weighted by Crippen LogP contribution is -1.99. The summed E-state index contributed by atoms with van der Waals surface area (Å²) in [5.74, 6) is 0.508. The molecule has 0 saturated carbocycles. The van der Waals surface area contributed by atoms with Crippen LogP contribution in [0.2, 0.25) is 0 Å². The summed E-state index contributed by atoms with van der Waals surface area (Å²) in [5.41, 5.74) is 2.67. The van der Waals surface area contributed by atoms with Gasteiger partial charge in [-0.2, -0.15) is 0 Å². The molecule has 2 aromatic carbocycles. The van der Waals surface area contributed by atoms with Crippen LogP contribution in [-0.2, 0) is 0 Å². The maximum absolute atomic E-state index is 10.6. The molecule has 3 rings (SSSR count). The van der Waals surface area contributed by atoms with Gasteiger partial charge in [-0.15, -0.1) is 15.0 Å². The van der Waals surface area contributed by atoms with E-state index in [-0.39, 0.29) is 5.69 Å². The van der Waals surface area contributed by atoms with Crippen LogP contribution in [0.3, 0.4) is 0 Å². The SMILES string of the molecule is Cc1ccc(-c2nnn(-c3ccc([N+](=O)[O-])cc3)n2)cc1. The van der Waals surface area contributed by atoms with E-state index in [1.165, 1.54) is 16.9 Å². The topological polar surface area (TPSA) is 86.7 Å². The predicted octanol–water partition coefficient (Wildman–Crippen LogP) is 2.55. The van der Waals surface area contributed by atoms with Gasteiger partial charge in [0.1, 0.15) is 0 Å². The first-order chi connectivity index (χ1) is 10.1. The molecule has 0 aliphatic rings. The average molecular weight is 281 g/mol. The van der Waals surface area contributed by atoms with Crippen molar-refractivity contribution in [3.8, 4) is 17.1 Å². The van der Waals surface area contributed by atoms with Crippen molar-refractivity contribution in [2.45, 2.75) is 6.92 Å². The van der Waals surface area contributed by atoms with Crippen LogP contribution in [0.1, 0.15) is 5.56 Å². The molecule has 0 bridgehead atoms.